The lowest BCUT2D eigenvalue weighted by Gasteiger charge is -2.36. The Morgan fingerprint density at radius 2 is 2.16 bits per heavy atom. The fourth-order valence-corrected chi connectivity index (χ4v) is 4.64. The van der Waals surface area contributed by atoms with Crippen molar-refractivity contribution in [2.24, 2.45) is 4.99 Å². The molecule has 1 aromatic rings. The number of amides is 1. The van der Waals surface area contributed by atoms with E-state index in [1.54, 1.807) is 12.1 Å². The molecule has 1 fully saturated rings. The normalized spacial score (nSPS) is 20.1. The molecule has 0 bridgehead atoms. The summed E-state index contributed by atoms with van der Waals surface area (Å²) in [5, 5.41) is 16.8. The van der Waals surface area contributed by atoms with Gasteiger partial charge < -0.3 is 15.0 Å². The van der Waals surface area contributed by atoms with Gasteiger partial charge in [-0.25, -0.2) is 9.79 Å². The van der Waals surface area contributed by atoms with Gasteiger partial charge in [0.1, 0.15) is 0 Å². The standard InChI is InChI=1S/C21H22N4O5S/c1-3-16-18(20(27)30-2)19(12-5-4-6-14(9-12)25(28)29)24-15(11-31-21(24)23-16)10-17(26)22-13-7-8-13/h4-6,9,11,13,19H,3,7-8,10H2,1-2H3,(H,22,26). The van der Waals surface area contributed by atoms with Gasteiger partial charge in [0.25, 0.3) is 5.69 Å². The average Bonchev–Trinajstić information content (AvgIpc) is 3.50. The van der Waals surface area contributed by atoms with Crippen LogP contribution in [0, 0.1) is 10.1 Å². The van der Waals surface area contributed by atoms with Gasteiger partial charge in [-0.3, -0.25) is 14.9 Å². The van der Waals surface area contributed by atoms with Gasteiger partial charge in [0.2, 0.25) is 5.91 Å². The molecule has 1 aliphatic carbocycles. The number of nitrogens with one attached hydrogen (secondary N) is 1. The molecule has 9 nitrogen and oxygen atoms in total. The largest absolute Gasteiger partial charge is 0.466 e. The zero-order valence-electron chi connectivity index (χ0n) is 17.2. The molecule has 1 N–H and O–H groups in total. The maximum absolute atomic E-state index is 12.8. The molecule has 1 saturated carbocycles. The first-order valence-corrected chi connectivity index (χ1v) is 10.9. The lowest BCUT2D eigenvalue weighted by molar-refractivity contribution is -0.384. The third kappa shape index (κ3) is 4.20. The van der Waals surface area contributed by atoms with E-state index in [4.69, 9.17) is 4.74 Å². The second-order valence-corrected chi connectivity index (χ2v) is 8.31. The van der Waals surface area contributed by atoms with Crippen LogP contribution in [0.25, 0.3) is 0 Å². The first-order valence-electron chi connectivity index (χ1n) is 10.0. The Hall–Kier alpha value is -3.14. The molecule has 2 aliphatic heterocycles. The topological polar surface area (TPSA) is 114 Å². The number of esters is 1. The van der Waals surface area contributed by atoms with Crippen molar-refractivity contribution in [1.29, 1.82) is 0 Å². The Morgan fingerprint density at radius 1 is 1.39 bits per heavy atom. The maximum Gasteiger partial charge on any atom is 0.338 e. The Bertz CT molecular complexity index is 1040. The van der Waals surface area contributed by atoms with E-state index >= 15 is 0 Å². The first kappa shape index (κ1) is 21.1. The van der Waals surface area contributed by atoms with Gasteiger partial charge in [0.05, 0.1) is 35.8 Å². The van der Waals surface area contributed by atoms with Crippen molar-refractivity contribution in [2.75, 3.05) is 7.11 Å². The van der Waals surface area contributed by atoms with Crippen LogP contribution in [0.15, 0.2) is 51.6 Å². The number of carbonyl (C=O) groups excluding carboxylic acids is 2. The van der Waals surface area contributed by atoms with Crippen molar-refractivity contribution in [1.82, 2.24) is 10.2 Å². The summed E-state index contributed by atoms with van der Waals surface area (Å²) in [7, 11) is 1.30. The van der Waals surface area contributed by atoms with E-state index in [1.807, 2.05) is 17.2 Å². The lowest BCUT2D eigenvalue weighted by atomic mass is 9.92. The third-order valence-electron chi connectivity index (χ3n) is 5.31. The van der Waals surface area contributed by atoms with Gasteiger partial charge in [0, 0.05) is 23.9 Å². The quantitative estimate of drug-likeness (QED) is 0.391. The van der Waals surface area contributed by atoms with E-state index in [9.17, 15) is 19.7 Å². The van der Waals surface area contributed by atoms with Crippen molar-refractivity contribution < 1.29 is 19.2 Å². The van der Waals surface area contributed by atoms with Crippen LogP contribution >= 0.6 is 11.8 Å². The SMILES string of the molecule is CCC1=C(C(=O)OC)C(c2cccc([N+](=O)[O-])c2)N2C(CC(=O)NC3CC3)=CSC2=N1. The predicted molar refractivity (Wildman–Crippen MR) is 116 cm³/mol. The zero-order valence-corrected chi connectivity index (χ0v) is 18.0. The Labute approximate surface area is 183 Å². The van der Waals surface area contributed by atoms with Gasteiger partial charge in [0.15, 0.2) is 5.17 Å². The van der Waals surface area contributed by atoms with Crippen LogP contribution in [0.1, 0.15) is 44.2 Å². The van der Waals surface area contributed by atoms with Crippen molar-refractivity contribution >= 4 is 34.5 Å². The van der Waals surface area contributed by atoms with Crippen LogP contribution in [-0.4, -0.2) is 40.0 Å². The average molecular weight is 442 g/mol. The van der Waals surface area contributed by atoms with Crippen LogP contribution in [-0.2, 0) is 14.3 Å². The van der Waals surface area contributed by atoms with Crippen molar-refractivity contribution in [3.8, 4) is 0 Å². The smallest absolute Gasteiger partial charge is 0.338 e. The summed E-state index contributed by atoms with van der Waals surface area (Å²) in [4.78, 5) is 42.6. The van der Waals surface area contributed by atoms with Gasteiger partial charge >= 0.3 is 5.97 Å². The summed E-state index contributed by atoms with van der Waals surface area (Å²) in [5.74, 6) is -0.645. The number of rotatable bonds is 7. The Balaban J connectivity index is 1.77. The second kappa shape index (κ2) is 8.54. The van der Waals surface area contributed by atoms with Crippen LogP contribution in [0.5, 0.6) is 0 Å². The molecule has 31 heavy (non-hydrogen) atoms. The molecule has 1 atom stereocenters. The fraction of sp³-hybridized carbons (Fsp3) is 0.381. The minimum atomic E-state index is -0.676. The summed E-state index contributed by atoms with van der Waals surface area (Å²) in [6, 6.07) is 5.75. The Morgan fingerprint density at radius 3 is 2.81 bits per heavy atom. The number of amidine groups is 1. The predicted octanol–water partition coefficient (Wildman–Crippen LogP) is 3.40. The summed E-state index contributed by atoms with van der Waals surface area (Å²) in [6.07, 6.45) is 2.60. The van der Waals surface area contributed by atoms with Crippen LogP contribution in [0.2, 0.25) is 0 Å². The minimum Gasteiger partial charge on any atom is -0.466 e. The number of methoxy groups -OCH3 is 1. The number of carbonyl (C=O) groups is 2. The monoisotopic (exact) mass is 442 g/mol. The van der Waals surface area contributed by atoms with E-state index in [2.05, 4.69) is 10.3 Å². The second-order valence-electron chi connectivity index (χ2n) is 7.47. The Kier molecular flexibility index (Phi) is 5.81. The molecule has 162 valence electrons. The van der Waals surface area contributed by atoms with Gasteiger partial charge in [-0.1, -0.05) is 30.8 Å². The van der Waals surface area contributed by atoms with Crippen LogP contribution in [0.4, 0.5) is 5.69 Å². The zero-order chi connectivity index (χ0) is 22.1. The number of nitro groups is 1. The summed E-state index contributed by atoms with van der Waals surface area (Å²) in [6.45, 7) is 1.89. The summed E-state index contributed by atoms with van der Waals surface area (Å²) < 4.78 is 5.04. The van der Waals surface area contributed by atoms with Crippen molar-refractivity contribution in [3.05, 3.63) is 62.3 Å². The van der Waals surface area contributed by atoms with E-state index in [0.29, 0.717) is 34.1 Å². The molecule has 10 heteroatoms. The maximum atomic E-state index is 12.8. The number of hydrogen-bond donors (Lipinski definition) is 1. The molecule has 4 rings (SSSR count). The van der Waals surface area contributed by atoms with Gasteiger partial charge in [-0.15, -0.1) is 0 Å². The molecule has 0 aromatic heterocycles. The molecular weight excluding hydrogens is 420 g/mol. The molecule has 1 aromatic carbocycles. The molecule has 3 aliphatic rings. The molecule has 1 amide bonds. The highest BCUT2D eigenvalue weighted by molar-refractivity contribution is 8.16. The van der Waals surface area contributed by atoms with Crippen molar-refractivity contribution in [3.63, 3.8) is 0 Å². The number of thioether (sulfide) groups is 1. The number of fused-ring (bicyclic) bond motifs is 1. The number of hydrogen-bond acceptors (Lipinski definition) is 8. The number of benzene rings is 1. The van der Waals surface area contributed by atoms with Gasteiger partial charge in [-0.05, 0) is 30.2 Å². The van der Waals surface area contributed by atoms with E-state index < -0.39 is 16.9 Å². The van der Waals surface area contributed by atoms with E-state index in [1.165, 1.54) is 31.0 Å². The molecule has 0 radical (unpaired) electrons. The molecule has 0 spiro atoms. The van der Waals surface area contributed by atoms with E-state index in [0.717, 1.165) is 12.8 Å². The minimum absolute atomic E-state index is 0.0762. The first-order chi connectivity index (χ1) is 14.9. The molecule has 0 saturated heterocycles. The lowest BCUT2D eigenvalue weighted by Crippen LogP contribution is -2.38. The van der Waals surface area contributed by atoms with E-state index in [-0.39, 0.29) is 24.1 Å². The van der Waals surface area contributed by atoms with Crippen LogP contribution in [0.3, 0.4) is 0 Å². The highest BCUT2D eigenvalue weighted by atomic mass is 32.2. The van der Waals surface area contributed by atoms with Gasteiger partial charge in [-0.2, -0.15) is 0 Å². The number of nitro benzene ring substituents is 1. The molecule has 1 unspecified atom stereocenters. The fourth-order valence-electron chi connectivity index (χ4n) is 3.71. The molecular formula is C21H22N4O5S. The number of nitrogens with zero attached hydrogens (tertiary/aromatic N) is 3. The van der Waals surface area contributed by atoms with Crippen molar-refractivity contribution in [2.45, 2.75) is 44.7 Å². The summed E-state index contributed by atoms with van der Waals surface area (Å²) in [5.41, 5.74) is 2.07. The highest BCUT2D eigenvalue weighted by Crippen LogP contribution is 2.45. The third-order valence-corrected chi connectivity index (χ3v) is 6.20. The molecule has 2 heterocycles. The number of ether oxygens (including phenoxy) is 1. The highest BCUT2D eigenvalue weighted by Gasteiger charge is 2.42. The number of allylic oxidation sites excluding steroid dienone is 1. The summed E-state index contributed by atoms with van der Waals surface area (Å²) >= 11 is 1.37. The number of aliphatic imine (C=N–C) groups is 1. The number of non-ortho nitro benzene ring substituents is 1. The van der Waals surface area contributed by atoms with Crippen LogP contribution < -0.4 is 5.32 Å².